The van der Waals surface area contributed by atoms with Gasteiger partial charge in [0, 0.05) is 18.5 Å². The smallest absolute Gasteiger partial charge is 0.223 e. The minimum absolute atomic E-state index is 0.267. The third-order valence-corrected chi connectivity index (χ3v) is 5.20. The monoisotopic (exact) mass is 266 g/mol. The summed E-state index contributed by atoms with van der Waals surface area (Å²) in [5.74, 6) is 1.36. The summed E-state index contributed by atoms with van der Waals surface area (Å²) in [5, 5.41) is 6.75. The molecule has 0 spiro atoms. The molecule has 19 heavy (non-hydrogen) atoms. The molecular formula is C16H30N2O. The SMILES string of the molecule is CC1CCC(C(=O)NCC2NCCCC2(C)C)CC1. The minimum Gasteiger partial charge on any atom is -0.354 e. The van der Waals surface area contributed by atoms with Crippen LogP contribution in [0.2, 0.25) is 0 Å². The van der Waals surface area contributed by atoms with Gasteiger partial charge in [0.05, 0.1) is 0 Å². The van der Waals surface area contributed by atoms with Crippen molar-refractivity contribution in [3.63, 3.8) is 0 Å². The minimum atomic E-state index is 0.267. The zero-order valence-electron chi connectivity index (χ0n) is 12.8. The van der Waals surface area contributed by atoms with Gasteiger partial charge >= 0.3 is 0 Å². The van der Waals surface area contributed by atoms with Crippen molar-refractivity contribution < 1.29 is 4.79 Å². The van der Waals surface area contributed by atoms with Crippen molar-refractivity contribution in [3.8, 4) is 0 Å². The van der Waals surface area contributed by atoms with Crippen molar-refractivity contribution in [1.29, 1.82) is 0 Å². The van der Waals surface area contributed by atoms with Gasteiger partial charge in [0.15, 0.2) is 0 Å². The van der Waals surface area contributed by atoms with E-state index in [1.807, 2.05) is 0 Å². The van der Waals surface area contributed by atoms with Gasteiger partial charge in [-0.1, -0.05) is 20.8 Å². The first-order valence-corrected chi connectivity index (χ1v) is 8.00. The molecule has 0 bridgehead atoms. The Bertz CT molecular complexity index is 306. The van der Waals surface area contributed by atoms with Gasteiger partial charge in [-0.05, 0) is 56.4 Å². The second-order valence-electron chi connectivity index (χ2n) is 7.30. The predicted molar refractivity (Wildman–Crippen MR) is 78.9 cm³/mol. The van der Waals surface area contributed by atoms with Crippen LogP contribution in [0.5, 0.6) is 0 Å². The molecule has 1 saturated heterocycles. The Morgan fingerprint density at radius 1 is 1.26 bits per heavy atom. The maximum absolute atomic E-state index is 12.2. The summed E-state index contributed by atoms with van der Waals surface area (Å²) in [4.78, 5) is 12.2. The van der Waals surface area contributed by atoms with Crippen LogP contribution in [0.25, 0.3) is 0 Å². The van der Waals surface area contributed by atoms with E-state index in [1.165, 1.54) is 25.7 Å². The molecule has 0 aromatic rings. The van der Waals surface area contributed by atoms with Crippen molar-refractivity contribution in [2.24, 2.45) is 17.3 Å². The number of amides is 1. The summed E-state index contributed by atoms with van der Waals surface area (Å²) in [6.07, 6.45) is 7.08. The molecule has 110 valence electrons. The van der Waals surface area contributed by atoms with Crippen LogP contribution >= 0.6 is 0 Å². The highest BCUT2D eigenvalue weighted by Gasteiger charge is 2.32. The Morgan fingerprint density at radius 3 is 2.58 bits per heavy atom. The van der Waals surface area contributed by atoms with Crippen LogP contribution in [-0.4, -0.2) is 25.0 Å². The fraction of sp³-hybridized carbons (Fsp3) is 0.938. The normalized spacial score (nSPS) is 34.8. The molecule has 1 amide bonds. The average molecular weight is 266 g/mol. The molecule has 2 N–H and O–H groups in total. The van der Waals surface area contributed by atoms with Crippen molar-refractivity contribution in [3.05, 3.63) is 0 Å². The van der Waals surface area contributed by atoms with E-state index in [1.54, 1.807) is 0 Å². The zero-order chi connectivity index (χ0) is 13.9. The molecular weight excluding hydrogens is 236 g/mol. The first kappa shape index (κ1) is 14.8. The molecule has 3 heteroatoms. The summed E-state index contributed by atoms with van der Waals surface area (Å²) in [6.45, 7) is 8.78. The molecule has 1 atom stereocenters. The molecule has 0 aromatic heterocycles. The third-order valence-electron chi connectivity index (χ3n) is 5.20. The number of carbonyl (C=O) groups is 1. The quantitative estimate of drug-likeness (QED) is 0.824. The van der Waals surface area contributed by atoms with Crippen molar-refractivity contribution in [2.45, 2.75) is 65.3 Å². The van der Waals surface area contributed by atoms with Gasteiger partial charge in [-0.15, -0.1) is 0 Å². The lowest BCUT2D eigenvalue weighted by atomic mass is 9.77. The number of hydrogen-bond acceptors (Lipinski definition) is 2. The fourth-order valence-electron chi connectivity index (χ4n) is 3.49. The Hall–Kier alpha value is -0.570. The molecule has 0 radical (unpaired) electrons. The maximum atomic E-state index is 12.2. The molecule has 0 aromatic carbocycles. The third kappa shape index (κ3) is 3.95. The van der Waals surface area contributed by atoms with E-state index >= 15 is 0 Å². The Morgan fingerprint density at radius 2 is 1.95 bits per heavy atom. The number of hydrogen-bond donors (Lipinski definition) is 2. The molecule has 2 fully saturated rings. The van der Waals surface area contributed by atoms with Crippen molar-refractivity contribution >= 4 is 5.91 Å². The summed E-state index contributed by atoms with van der Waals surface area (Å²) in [6, 6.07) is 0.424. The summed E-state index contributed by atoms with van der Waals surface area (Å²) in [5.41, 5.74) is 0.298. The van der Waals surface area contributed by atoms with Crippen LogP contribution in [0.15, 0.2) is 0 Å². The first-order chi connectivity index (χ1) is 8.99. The van der Waals surface area contributed by atoms with E-state index in [9.17, 15) is 4.79 Å². The van der Waals surface area contributed by atoms with E-state index < -0.39 is 0 Å². The van der Waals surface area contributed by atoms with Crippen LogP contribution in [0.4, 0.5) is 0 Å². The van der Waals surface area contributed by atoms with E-state index in [2.05, 4.69) is 31.4 Å². The van der Waals surface area contributed by atoms with Crippen LogP contribution in [0, 0.1) is 17.3 Å². The Balaban J connectivity index is 1.76. The second-order valence-corrected chi connectivity index (χ2v) is 7.30. The van der Waals surface area contributed by atoms with Gasteiger partial charge in [-0.3, -0.25) is 4.79 Å². The van der Waals surface area contributed by atoms with Crippen LogP contribution in [-0.2, 0) is 4.79 Å². The molecule has 1 unspecified atom stereocenters. The molecule has 2 rings (SSSR count). The lowest BCUT2D eigenvalue weighted by molar-refractivity contribution is -0.126. The van der Waals surface area contributed by atoms with Gasteiger partial charge in [0.1, 0.15) is 0 Å². The zero-order valence-corrected chi connectivity index (χ0v) is 12.8. The van der Waals surface area contributed by atoms with Gasteiger partial charge in [-0.25, -0.2) is 0 Å². The highest BCUT2D eigenvalue weighted by Crippen LogP contribution is 2.30. The van der Waals surface area contributed by atoms with Gasteiger partial charge < -0.3 is 10.6 Å². The fourth-order valence-corrected chi connectivity index (χ4v) is 3.49. The first-order valence-electron chi connectivity index (χ1n) is 8.00. The van der Waals surface area contributed by atoms with E-state index in [0.717, 1.165) is 31.8 Å². The molecule has 1 aliphatic carbocycles. The van der Waals surface area contributed by atoms with Gasteiger partial charge in [-0.2, -0.15) is 0 Å². The summed E-state index contributed by atoms with van der Waals surface area (Å²) >= 11 is 0. The van der Waals surface area contributed by atoms with Crippen LogP contribution in [0.1, 0.15) is 59.3 Å². The number of rotatable bonds is 3. The molecule has 3 nitrogen and oxygen atoms in total. The van der Waals surface area contributed by atoms with E-state index in [-0.39, 0.29) is 11.8 Å². The Kier molecular flexibility index (Phi) is 4.88. The summed E-state index contributed by atoms with van der Waals surface area (Å²) < 4.78 is 0. The average Bonchev–Trinajstić information content (AvgIpc) is 2.37. The Labute approximate surface area is 117 Å². The van der Waals surface area contributed by atoms with Crippen LogP contribution in [0.3, 0.4) is 0 Å². The molecule has 1 heterocycles. The second kappa shape index (κ2) is 6.25. The van der Waals surface area contributed by atoms with Gasteiger partial charge in [0.25, 0.3) is 0 Å². The van der Waals surface area contributed by atoms with Crippen molar-refractivity contribution in [1.82, 2.24) is 10.6 Å². The van der Waals surface area contributed by atoms with Gasteiger partial charge in [0.2, 0.25) is 5.91 Å². The highest BCUT2D eigenvalue weighted by atomic mass is 16.1. The van der Waals surface area contributed by atoms with E-state index in [0.29, 0.717) is 11.5 Å². The maximum Gasteiger partial charge on any atom is 0.223 e. The van der Waals surface area contributed by atoms with E-state index in [4.69, 9.17) is 0 Å². The molecule has 1 saturated carbocycles. The number of nitrogens with one attached hydrogen (secondary N) is 2. The predicted octanol–water partition coefficient (Wildman–Crippen LogP) is 2.71. The topological polar surface area (TPSA) is 41.1 Å². The molecule has 2 aliphatic rings. The van der Waals surface area contributed by atoms with Crippen molar-refractivity contribution in [2.75, 3.05) is 13.1 Å². The lowest BCUT2D eigenvalue weighted by Gasteiger charge is -2.39. The lowest BCUT2D eigenvalue weighted by Crippen LogP contribution is -2.53. The molecule has 1 aliphatic heterocycles. The van der Waals surface area contributed by atoms with Crippen LogP contribution < -0.4 is 10.6 Å². The standard InChI is InChI=1S/C16H30N2O/c1-12-5-7-13(8-6-12)15(19)18-11-14-16(2,3)9-4-10-17-14/h12-14,17H,4-11H2,1-3H3,(H,18,19). The summed E-state index contributed by atoms with van der Waals surface area (Å²) in [7, 11) is 0. The number of carbonyl (C=O) groups excluding carboxylic acids is 1. The number of piperidine rings is 1. The highest BCUT2D eigenvalue weighted by molar-refractivity contribution is 5.78. The largest absolute Gasteiger partial charge is 0.354 e.